The molecule has 0 spiro atoms. The van der Waals surface area contributed by atoms with Crippen molar-refractivity contribution in [1.82, 2.24) is 0 Å². The van der Waals surface area contributed by atoms with E-state index in [0.29, 0.717) is 11.1 Å². The van der Waals surface area contributed by atoms with Crippen molar-refractivity contribution in [3.8, 4) is 5.75 Å². The van der Waals surface area contributed by atoms with E-state index in [-0.39, 0.29) is 12.3 Å². The van der Waals surface area contributed by atoms with E-state index in [2.05, 4.69) is 41.9 Å². The van der Waals surface area contributed by atoms with E-state index in [1.165, 1.54) is 7.11 Å². The van der Waals surface area contributed by atoms with Crippen molar-refractivity contribution >= 4 is 49.6 Å². The Morgan fingerprint density at radius 3 is 2.58 bits per heavy atom. The maximum atomic E-state index is 11.4. The number of carboxylic acids is 1. The molecule has 0 radical (unpaired) electrons. The van der Waals surface area contributed by atoms with Crippen LogP contribution < -0.4 is 4.74 Å². The zero-order chi connectivity index (χ0) is 19.1. The van der Waals surface area contributed by atoms with Crippen molar-refractivity contribution in [2.45, 2.75) is 13.5 Å². The highest BCUT2D eigenvalue weighted by atomic mass is 79.9. The van der Waals surface area contributed by atoms with Gasteiger partial charge in [-0.3, -0.25) is 0 Å². The predicted molar refractivity (Wildman–Crippen MR) is 109 cm³/mol. The molecule has 0 aromatic heterocycles. The summed E-state index contributed by atoms with van der Waals surface area (Å²) < 4.78 is 6.75. The van der Waals surface area contributed by atoms with Gasteiger partial charge < -0.3 is 14.7 Å². The fraction of sp³-hybridized carbons (Fsp3) is 0.158. The molecular formula is C19H17Br2NO4. The van der Waals surface area contributed by atoms with E-state index < -0.39 is 5.97 Å². The van der Waals surface area contributed by atoms with Gasteiger partial charge in [-0.05, 0) is 73.7 Å². The minimum absolute atomic E-state index is 0.161. The van der Waals surface area contributed by atoms with Gasteiger partial charge >= 0.3 is 5.97 Å². The summed E-state index contributed by atoms with van der Waals surface area (Å²) in [7, 11) is 1.31. The molecule has 0 aliphatic heterocycles. The van der Waals surface area contributed by atoms with Crippen molar-refractivity contribution in [1.29, 1.82) is 0 Å². The van der Waals surface area contributed by atoms with E-state index in [9.17, 15) is 9.90 Å². The average molecular weight is 483 g/mol. The van der Waals surface area contributed by atoms with Crippen LogP contribution in [0.4, 0.5) is 0 Å². The van der Waals surface area contributed by atoms with E-state index >= 15 is 0 Å². The molecule has 0 bridgehead atoms. The van der Waals surface area contributed by atoms with Gasteiger partial charge in [-0.1, -0.05) is 35.5 Å². The maximum absolute atomic E-state index is 11.4. The quantitative estimate of drug-likeness (QED) is 0.440. The van der Waals surface area contributed by atoms with Gasteiger partial charge in [-0.15, -0.1) is 0 Å². The van der Waals surface area contributed by atoms with Crippen LogP contribution >= 0.6 is 31.9 Å². The van der Waals surface area contributed by atoms with Gasteiger partial charge in [-0.2, -0.15) is 0 Å². The lowest BCUT2D eigenvalue weighted by atomic mass is 10.0. The minimum atomic E-state index is -1.16. The molecule has 0 heterocycles. The third-order valence-corrected chi connectivity index (χ3v) is 3.97. The van der Waals surface area contributed by atoms with E-state index in [1.54, 1.807) is 18.2 Å². The summed E-state index contributed by atoms with van der Waals surface area (Å²) >= 11 is 6.68. The second-order valence-corrected chi connectivity index (χ2v) is 8.11. The highest BCUT2D eigenvalue weighted by Crippen LogP contribution is 2.24. The highest BCUT2D eigenvalue weighted by molar-refractivity contribution is 9.28. The zero-order valence-electron chi connectivity index (χ0n) is 14.2. The molecule has 0 aliphatic rings. The van der Waals surface area contributed by atoms with Crippen LogP contribution in [0.3, 0.4) is 0 Å². The minimum Gasteiger partial charge on any atom is -0.489 e. The van der Waals surface area contributed by atoms with Crippen LogP contribution in [-0.4, -0.2) is 23.9 Å². The normalized spacial score (nSPS) is 11.0. The van der Waals surface area contributed by atoms with Crippen LogP contribution in [-0.2, 0) is 16.2 Å². The molecule has 0 amide bonds. The van der Waals surface area contributed by atoms with Crippen molar-refractivity contribution in [3.05, 3.63) is 68.1 Å². The lowest BCUT2D eigenvalue weighted by Crippen LogP contribution is -2.17. The molecule has 0 unspecified atom stereocenters. The topological polar surface area (TPSA) is 68.1 Å². The summed E-state index contributed by atoms with van der Waals surface area (Å²) in [6.07, 6.45) is 1.94. The molecule has 0 atom stereocenters. The van der Waals surface area contributed by atoms with Gasteiger partial charge in [0.1, 0.15) is 19.5 Å². The monoisotopic (exact) mass is 481 g/mol. The smallest absolute Gasteiger partial charge is 0.358 e. The zero-order valence-corrected chi connectivity index (χ0v) is 17.4. The molecule has 0 saturated heterocycles. The predicted octanol–water partition coefficient (Wildman–Crippen LogP) is 5.10. The Balaban J connectivity index is 2.24. The SMILES string of the molecule is CON=C(C(=O)O)c1ccccc1COc1ccc(C=C(Br)Br)cc1C. The number of hydrogen-bond acceptors (Lipinski definition) is 4. The van der Waals surface area contributed by atoms with Gasteiger partial charge in [0.15, 0.2) is 5.71 Å². The fourth-order valence-corrected chi connectivity index (χ4v) is 2.91. The van der Waals surface area contributed by atoms with Crippen molar-refractivity contribution in [3.63, 3.8) is 0 Å². The number of aliphatic carboxylic acids is 1. The van der Waals surface area contributed by atoms with E-state index in [0.717, 1.165) is 20.3 Å². The Bertz CT molecular complexity index is 858. The molecule has 0 aliphatic carbocycles. The number of oxime groups is 1. The fourth-order valence-electron chi connectivity index (χ4n) is 2.38. The Kier molecular flexibility index (Phi) is 7.41. The maximum Gasteiger partial charge on any atom is 0.358 e. The largest absolute Gasteiger partial charge is 0.489 e. The van der Waals surface area contributed by atoms with Gasteiger partial charge in [0.2, 0.25) is 0 Å². The van der Waals surface area contributed by atoms with Crippen LogP contribution in [0.25, 0.3) is 6.08 Å². The van der Waals surface area contributed by atoms with Crippen LogP contribution in [0.15, 0.2) is 51.0 Å². The molecule has 2 aromatic carbocycles. The molecule has 5 nitrogen and oxygen atoms in total. The average Bonchev–Trinajstić information content (AvgIpc) is 2.58. The number of aryl methyl sites for hydroxylation is 1. The first kappa shape index (κ1) is 20.2. The summed E-state index contributed by atoms with van der Waals surface area (Å²) in [6, 6.07) is 12.9. The molecule has 2 rings (SSSR count). The Labute approximate surface area is 168 Å². The summed E-state index contributed by atoms with van der Waals surface area (Å²) in [5.41, 5.74) is 3.01. The van der Waals surface area contributed by atoms with E-state index in [1.807, 2.05) is 37.3 Å². The van der Waals surface area contributed by atoms with Gasteiger partial charge in [0.25, 0.3) is 0 Å². The number of halogens is 2. The number of carboxylic acid groups (broad SMARTS) is 1. The first-order chi connectivity index (χ1) is 12.4. The molecule has 7 heteroatoms. The second-order valence-electron chi connectivity index (χ2n) is 5.33. The number of hydrogen-bond donors (Lipinski definition) is 1. The van der Waals surface area contributed by atoms with Crippen LogP contribution in [0, 0.1) is 6.92 Å². The summed E-state index contributed by atoms with van der Waals surface area (Å²) in [6.45, 7) is 2.17. The molecule has 1 N–H and O–H groups in total. The molecule has 26 heavy (non-hydrogen) atoms. The third kappa shape index (κ3) is 5.44. The Hall–Kier alpha value is -2.12. The van der Waals surface area contributed by atoms with Crippen molar-refractivity contribution in [2.24, 2.45) is 5.16 Å². The highest BCUT2D eigenvalue weighted by Gasteiger charge is 2.17. The van der Waals surface area contributed by atoms with Gasteiger partial charge in [0.05, 0.1) is 3.39 Å². The summed E-state index contributed by atoms with van der Waals surface area (Å²) in [5, 5.41) is 13.0. The third-order valence-electron chi connectivity index (χ3n) is 3.52. The molecular weight excluding hydrogens is 466 g/mol. The van der Waals surface area contributed by atoms with Crippen LogP contribution in [0.2, 0.25) is 0 Å². The van der Waals surface area contributed by atoms with Crippen molar-refractivity contribution < 1.29 is 19.5 Å². The summed E-state index contributed by atoms with van der Waals surface area (Å²) in [5.74, 6) is -0.435. The molecule has 0 fully saturated rings. The van der Waals surface area contributed by atoms with Crippen LogP contribution in [0.1, 0.15) is 22.3 Å². The lowest BCUT2D eigenvalue weighted by molar-refractivity contribution is -0.129. The first-order valence-corrected chi connectivity index (χ1v) is 9.20. The number of rotatable bonds is 7. The standard InChI is InChI=1S/C19H17Br2NO4/c1-12-9-13(10-17(20)21)7-8-16(12)26-11-14-5-3-4-6-15(14)18(19(23)24)22-25-2/h3-10H,11H2,1-2H3,(H,23,24). The number of nitrogens with zero attached hydrogens (tertiary/aromatic N) is 1. The molecule has 136 valence electrons. The van der Waals surface area contributed by atoms with Crippen LogP contribution in [0.5, 0.6) is 5.75 Å². The molecule has 0 saturated carbocycles. The lowest BCUT2D eigenvalue weighted by Gasteiger charge is -2.13. The number of carbonyl (C=O) groups is 1. The van der Waals surface area contributed by atoms with Gasteiger partial charge in [0, 0.05) is 5.56 Å². The van der Waals surface area contributed by atoms with Gasteiger partial charge in [-0.25, -0.2) is 4.79 Å². The Morgan fingerprint density at radius 1 is 1.23 bits per heavy atom. The summed E-state index contributed by atoms with van der Waals surface area (Å²) in [4.78, 5) is 16.1. The molecule has 2 aromatic rings. The Morgan fingerprint density at radius 2 is 1.96 bits per heavy atom. The second kappa shape index (κ2) is 9.54. The van der Waals surface area contributed by atoms with E-state index in [4.69, 9.17) is 4.74 Å². The number of benzene rings is 2. The first-order valence-electron chi connectivity index (χ1n) is 7.61. The van der Waals surface area contributed by atoms with Crippen molar-refractivity contribution in [2.75, 3.05) is 7.11 Å². The number of ether oxygens (including phenoxy) is 1.